The van der Waals surface area contributed by atoms with Crippen LogP contribution in [0.2, 0.25) is 0 Å². The number of amides is 1. The fourth-order valence-corrected chi connectivity index (χ4v) is 4.43. The monoisotopic (exact) mass is 395 g/mol. The minimum atomic E-state index is -0.289. The first-order valence-corrected chi connectivity index (χ1v) is 10.2. The Balaban J connectivity index is 1.53. The van der Waals surface area contributed by atoms with E-state index >= 15 is 0 Å². The maximum absolute atomic E-state index is 13.1. The number of halogens is 1. The highest BCUT2D eigenvalue weighted by atomic mass is 32.1. The molecule has 3 aromatic rings. The summed E-state index contributed by atoms with van der Waals surface area (Å²) in [6, 6.07) is 12.3. The first-order valence-electron chi connectivity index (χ1n) is 9.41. The van der Waals surface area contributed by atoms with Crippen LogP contribution in [0, 0.1) is 19.7 Å². The van der Waals surface area contributed by atoms with Crippen LogP contribution in [0.3, 0.4) is 0 Å². The minimum absolute atomic E-state index is 0.166. The standard InChI is InChI=1S/C22H22FN3OS/c1-14-13-18(26-11-3-4-12-26)9-10-19(14)25-21(27)20-15(2)24-22(28-20)16-5-7-17(23)8-6-16/h5-10,13H,3-4,11-12H2,1-2H3,(H,25,27). The maximum atomic E-state index is 13.1. The Morgan fingerprint density at radius 1 is 1.11 bits per heavy atom. The smallest absolute Gasteiger partial charge is 0.267 e. The second-order valence-corrected chi connectivity index (χ2v) is 8.09. The van der Waals surface area contributed by atoms with E-state index in [1.54, 1.807) is 12.1 Å². The van der Waals surface area contributed by atoms with Crippen LogP contribution in [0.5, 0.6) is 0 Å². The molecule has 0 atom stereocenters. The third-order valence-electron chi connectivity index (χ3n) is 5.02. The average molecular weight is 396 g/mol. The van der Waals surface area contributed by atoms with Crippen molar-refractivity contribution in [2.75, 3.05) is 23.3 Å². The predicted molar refractivity (Wildman–Crippen MR) is 113 cm³/mol. The van der Waals surface area contributed by atoms with Crippen LogP contribution in [0.1, 0.15) is 33.8 Å². The second-order valence-electron chi connectivity index (χ2n) is 7.09. The van der Waals surface area contributed by atoms with E-state index in [1.807, 2.05) is 19.9 Å². The molecule has 1 aliphatic rings. The van der Waals surface area contributed by atoms with Crippen LogP contribution >= 0.6 is 11.3 Å². The molecule has 2 heterocycles. The molecule has 144 valence electrons. The van der Waals surface area contributed by atoms with Crippen LogP contribution in [0.25, 0.3) is 10.6 Å². The summed E-state index contributed by atoms with van der Waals surface area (Å²) >= 11 is 1.32. The number of carbonyl (C=O) groups excluding carboxylic acids is 1. The molecule has 0 saturated carbocycles. The van der Waals surface area contributed by atoms with Gasteiger partial charge in [0.15, 0.2) is 0 Å². The van der Waals surface area contributed by atoms with Crippen molar-refractivity contribution in [3.05, 3.63) is 64.4 Å². The van der Waals surface area contributed by atoms with Gasteiger partial charge in [-0.1, -0.05) is 0 Å². The van der Waals surface area contributed by atoms with Crippen LogP contribution < -0.4 is 10.2 Å². The fourth-order valence-electron chi connectivity index (χ4n) is 3.46. The van der Waals surface area contributed by atoms with Crippen molar-refractivity contribution in [3.63, 3.8) is 0 Å². The Morgan fingerprint density at radius 2 is 1.82 bits per heavy atom. The van der Waals surface area contributed by atoms with Crippen LogP contribution in [0.4, 0.5) is 15.8 Å². The number of carbonyl (C=O) groups is 1. The molecule has 28 heavy (non-hydrogen) atoms. The van der Waals surface area contributed by atoms with E-state index in [4.69, 9.17) is 0 Å². The number of hydrogen-bond acceptors (Lipinski definition) is 4. The topological polar surface area (TPSA) is 45.2 Å². The zero-order chi connectivity index (χ0) is 19.7. The molecule has 1 fully saturated rings. The number of aryl methyl sites for hydroxylation is 2. The normalized spacial score (nSPS) is 13.8. The summed E-state index contributed by atoms with van der Waals surface area (Å²) in [7, 11) is 0. The lowest BCUT2D eigenvalue weighted by atomic mass is 10.1. The van der Waals surface area contributed by atoms with E-state index in [0.29, 0.717) is 15.6 Å². The predicted octanol–water partition coefficient (Wildman–Crippen LogP) is 5.42. The first kappa shape index (κ1) is 18.6. The third-order valence-corrected chi connectivity index (χ3v) is 6.23. The average Bonchev–Trinajstić information content (AvgIpc) is 3.34. The van der Waals surface area contributed by atoms with E-state index in [0.717, 1.165) is 29.9 Å². The SMILES string of the molecule is Cc1cc(N2CCCC2)ccc1NC(=O)c1sc(-c2ccc(F)cc2)nc1C. The van der Waals surface area contributed by atoms with Gasteiger partial charge in [-0.3, -0.25) is 4.79 Å². The lowest BCUT2D eigenvalue weighted by Crippen LogP contribution is -2.18. The molecule has 0 unspecified atom stereocenters. The van der Waals surface area contributed by atoms with Crippen LogP contribution in [-0.2, 0) is 0 Å². The quantitative estimate of drug-likeness (QED) is 0.642. The number of anilines is 2. The number of rotatable bonds is 4. The fraction of sp³-hybridized carbons (Fsp3) is 0.273. The van der Waals surface area contributed by atoms with Gasteiger partial charge in [-0.15, -0.1) is 11.3 Å². The molecule has 6 heteroatoms. The molecule has 0 aliphatic carbocycles. The van der Waals surface area contributed by atoms with Gasteiger partial charge < -0.3 is 10.2 Å². The zero-order valence-electron chi connectivity index (χ0n) is 16.0. The Labute approximate surface area is 168 Å². The largest absolute Gasteiger partial charge is 0.372 e. The molecule has 2 aromatic carbocycles. The molecule has 1 aromatic heterocycles. The summed E-state index contributed by atoms with van der Waals surface area (Å²) in [6.07, 6.45) is 2.47. The highest BCUT2D eigenvalue weighted by molar-refractivity contribution is 7.17. The molecule has 1 amide bonds. The van der Waals surface area contributed by atoms with E-state index < -0.39 is 0 Å². The Hall–Kier alpha value is -2.73. The number of benzene rings is 2. The number of nitrogens with zero attached hydrogens (tertiary/aromatic N) is 2. The molecule has 4 rings (SSSR count). The van der Waals surface area contributed by atoms with Gasteiger partial charge in [0, 0.05) is 30.0 Å². The summed E-state index contributed by atoms with van der Waals surface area (Å²) < 4.78 is 13.1. The van der Waals surface area contributed by atoms with E-state index in [9.17, 15) is 9.18 Å². The summed E-state index contributed by atoms with van der Waals surface area (Å²) in [5.41, 5.74) is 4.54. The van der Waals surface area contributed by atoms with Gasteiger partial charge in [0.25, 0.3) is 5.91 Å². The molecule has 0 bridgehead atoms. The maximum Gasteiger partial charge on any atom is 0.267 e. The van der Waals surface area contributed by atoms with Gasteiger partial charge in [0.05, 0.1) is 5.69 Å². The molecule has 1 aliphatic heterocycles. The van der Waals surface area contributed by atoms with Gasteiger partial charge in [0.2, 0.25) is 0 Å². The lowest BCUT2D eigenvalue weighted by Gasteiger charge is -2.19. The van der Waals surface area contributed by atoms with E-state index in [1.165, 1.54) is 42.0 Å². The Bertz CT molecular complexity index is 1010. The highest BCUT2D eigenvalue weighted by Gasteiger charge is 2.18. The van der Waals surface area contributed by atoms with Crippen molar-refractivity contribution in [2.45, 2.75) is 26.7 Å². The number of nitrogens with one attached hydrogen (secondary N) is 1. The molecule has 0 radical (unpaired) electrons. The Morgan fingerprint density at radius 3 is 2.50 bits per heavy atom. The van der Waals surface area contributed by atoms with E-state index in [2.05, 4.69) is 27.3 Å². The number of aromatic nitrogens is 1. The number of thiazole rings is 1. The van der Waals surface area contributed by atoms with Gasteiger partial charge in [0.1, 0.15) is 15.7 Å². The molecule has 0 spiro atoms. The third kappa shape index (κ3) is 3.78. The minimum Gasteiger partial charge on any atom is -0.372 e. The van der Waals surface area contributed by atoms with Crippen LogP contribution in [0.15, 0.2) is 42.5 Å². The van der Waals surface area contributed by atoms with Gasteiger partial charge in [-0.05, 0) is 74.7 Å². The summed E-state index contributed by atoms with van der Waals surface area (Å²) in [5.74, 6) is -0.455. The van der Waals surface area contributed by atoms with Gasteiger partial charge in [-0.2, -0.15) is 0 Å². The lowest BCUT2D eigenvalue weighted by molar-refractivity contribution is 0.102. The molecular formula is C22H22FN3OS. The Kier molecular flexibility index (Phi) is 5.13. The molecule has 1 N–H and O–H groups in total. The zero-order valence-corrected chi connectivity index (χ0v) is 16.8. The number of hydrogen-bond donors (Lipinski definition) is 1. The second kappa shape index (κ2) is 7.72. The summed E-state index contributed by atoms with van der Waals surface area (Å²) in [4.78, 5) is 20.3. The highest BCUT2D eigenvalue weighted by Crippen LogP contribution is 2.30. The molecule has 1 saturated heterocycles. The van der Waals surface area contributed by atoms with E-state index in [-0.39, 0.29) is 11.7 Å². The van der Waals surface area contributed by atoms with Crippen molar-refractivity contribution in [2.24, 2.45) is 0 Å². The first-order chi connectivity index (χ1) is 13.5. The van der Waals surface area contributed by atoms with Crippen molar-refractivity contribution >= 4 is 28.6 Å². The molecule has 4 nitrogen and oxygen atoms in total. The van der Waals surface area contributed by atoms with Crippen molar-refractivity contribution in [1.82, 2.24) is 4.98 Å². The van der Waals surface area contributed by atoms with Gasteiger partial charge in [-0.25, -0.2) is 9.37 Å². The van der Waals surface area contributed by atoms with Crippen LogP contribution in [-0.4, -0.2) is 24.0 Å². The van der Waals surface area contributed by atoms with Crippen molar-refractivity contribution < 1.29 is 9.18 Å². The summed E-state index contributed by atoms with van der Waals surface area (Å²) in [6.45, 7) is 6.02. The van der Waals surface area contributed by atoms with Gasteiger partial charge >= 0.3 is 0 Å². The molecular weight excluding hydrogens is 373 g/mol. The van der Waals surface area contributed by atoms with Crippen molar-refractivity contribution in [1.29, 1.82) is 0 Å². The summed E-state index contributed by atoms with van der Waals surface area (Å²) in [5, 5.41) is 3.72. The van der Waals surface area contributed by atoms with Crippen molar-refractivity contribution in [3.8, 4) is 10.6 Å².